The van der Waals surface area contributed by atoms with Crippen LogP contribution in [0.25, 0.3) is 0 Å². The summed E-state index contributed by atoms with van der Waals surface area (Å²) in [6.07, 6.45) is 0. The summed E-state index contributed by atoms with van der Waals surface area (Å²) < 4.78 is 10.2. The predicted molar refractivity (Wildman–Crippen MR) is 62.6 cm³/mol. The number of methoxy groups -OCH3 is 2. The van der Waals surface area contributed by atoms with Crippen molar-refractivity contribution in [2.45, 2.75) is 0 Å². The third-order valence-electron chi connectivity index (χ3n) is 2.28. The zero-order valence-corrected chi connectivity index (χ0v) is 9.49. The van der Waals surface area contributed by atoms with Crippen LogP contribution in [0, 0.1) is 0 Å². The van der Waals surface area contributed by atoms with Crippen molar-refractivity contribution in [3.8, 4) is 5.75 Å². The Morgan fingerprint density at radius 2 is 2.07 bits per heavy atom. The van der Waals surface area contributed by atoms with E-state index in [-0.39, 0.29) is 0 Å². The fraction of sp³-hybridized carbons (Fsp3) is 0.455. The van der Waals surface area contributed by atoms with Crippen LogP contribution in [0.5, 0.6) is 5.75 Å². The Labute approximate surface area is 90.6 Å². The van der Waals surface area contributed by atoms with Crippen molar-refractivity contribution in [3.63, 3.8) is 0 Å². The van der Waals surface area contributed by atoms with E-state index in [9.17, 15) is 0 Å². The highest BCUT2D eigenvalue weighted by Crippen LogP contribution is 2.26. The zero-order valence-electron chi connectivity index (χ0n) is 9.49. The molecule has 84 valence electrons. The maximum Gasteiger partial charge on any atom is 0.121 e. The van der Waals surface area contributed by atoms with E-state index >= 15 is 0 Å². The third-order valence-corrected chi connectivity index (χ3v) is 2.28. The Kier molecular flexibility index (Phi) is 4.24. The monoisotopic (exact) mass is 210 g/mol. The van der Waals surface area contributed by atoms with Gasteiger partial charge in [-0.05, 0) is 12.1 Å². The molecule has 1 aromatic carbocycles. The Balaban J connectivity index is 2.81. The van der Waals surface area contributed by atoms with Gasteiger partial charge in [0.25, 0.3) is 0 Å². The lowest BCUT2D eigenvalue weighted by molar-refractivity contribution is 0.206. The summed E-state index contributed by atoms with van der Waals surface area (Å²) in [7, 11) is 5.30. The smallest absolute Gasteiger partial charge is 0.121 e. The molecule has 0 aliphatic heterocycles. The van der Waals surface area contributed by atoms with Gasteiger partial charge in [-0.15, -0.1) is 0 Å². The van der Waals surface area contributed by atoms with Crippen molar-refractivity contribution in [2.75, 3.05) is 45.1 Å². The van der Waals surface area contributed by atoms with Crippen molar-refractivity contribution < 1.29 is 9.47 Å². The number of nitrogens with zero attached hydrogens (tertiary/aromatic N) is 1. The predicted octanol–water partition coefficient (Wildman–Crippen LogP) is 1.36. The molecule has 0 amide bonds. The van der Waals surface area contributed by atoms with Crippen LogP contribution < -0.4 is 15.4 Å². The Morgan fingerprint density at radius 1 is 1.33 bits per heavy atom. The molecule has 2 N–H and O–H groups in total. The Hall–Kier alpha value is -1.42. The van der Waals surface area contributed by atoms with Gasteiger partial charge in [-0.1, -0.05) is 0 Å². The first-order valence-electron chi connectivity index (χ1n) is 4.82. The number of likely N-dealkylation sites (N-methyl/N-ethyl adjacent to an activating group) is 1. The quantitative estimate of drug-likeness (QED) is 0.745. The normalized spacial score (nSPS) is 10.1. The summed E-state index contributed by atoms with van der Waals surface area (Å²) in [5, 5.41) is 0. The van der Waals surface area contributed by atoms with E-state index in [1.807, 2.05) is 30.1 Å². The molecule has 0 heterocycles. The van der Waals surface area contributed by atoms with E-state index in [1.54, 1.807) is 14.2 Å². The first-order chi connectivity index (χ1) is 7.19. The van der Waals surface area contributed by atoms with Gasteiger partial charge in [-0.3, -0.25) is 0 Å². The Bertz CT molecular complexity index is 315. The van der Waals surface area contributed by atoms with E-state index in [4.69, 9.17) is 15.2 Å². The molecular formula is C11H18N2O2. The van der Waals surface area contributed by atoms with Crippen molar-refractivity contribution in [1.82, 2.24) is 0 Å². The lowest BCUT2D eigenvalue weighted by Gasteiger charge is -2.21. The van der Waals surface area contributed by atoms with E-state index in [0.717, 1.165) is 23.7 Å². The van der Waals surface area contributed by atoms with Crippen molar-refractivity contribution in [2.24, 2.45) is 0 Å². The highest BCUT2D eigenvalue weighted by molar-refractivity contribution is 5.69. The standard InChI is InChI=1S/C11H18N2O2/c1-13(6-7-14-2)11-8-9(15-3)4-5-10(11)12/h4-5,8H,6-7,12H2,1-3H3. The molecule has 0 unspecified atom stereocenters. The van der Waals surface area contributed by atoms with Gasteiger partial charge >= 0.3 is 0 Å². The number of rotatable bonds is 5. The Morgan fingerprint density at radius 3 is 2.67 bits per heavy atom. The summed E-state index contributed by atoms with van der Waals surface area (Å²) >= 11 is 0. The second-order valence-electron chi connectivity index (χ2n) is 3.34. The molecule has 1 rings (SSSR count). The topological polar surface area (TPSA) is 47.7 Å². The minimum Gasteiger partial charge on any atom is -0.497 e. The first kappa shape index (κ1) is 11.7. The minimum atomic E-state index is 0.674. The van der Waals surface area contributed by atoms with Crippen LogP contribution >= 0.6 is 0 Å². The highest BCUT2D eigenvalue weighted by atomic mass is 16.5. The molecule has 0 aliphatic carbocycles. The van der Waals surface area contributed by atoms with Gasteiger partial charge in [0.1, 0.15) is 5.75 Å². The molecule has 4 nitrogen and oxygen atoms in total. The average molecular weight is 210 g/mol. The summed E-state index contributed by atoms with van der Waals surface area (Å²) in [6.45, 7) is 1.47. The number of hydrogen-bond acceptors (Lipinski definition) is 4. The van der Waals surface area contributed by atoms with Crippen LogP contribution in [-0.2, 0) is 4.74 Å². The molecule has 0 saturated carbocycles. The molecule has 0 spiro atoms. The van der Waals surface area contributed by atoms with Crippen molar-refractivity contribution in [3.05, 3.63) is 18.2 Å². The van der Waals surface area contributed by atoms with E-state index in [2.05, 4.69) is 0 Å². The highest BCUT2D eigenvalue weighted by Gasteiger charge is 2.06. The van der Waals surface area contributed by atoms with Crippen LogP contribution in [0.1, 0.15) is 0 Å². The fourth-order valence-corrected chi connectivity index (χ4v) is 1.33. The molecule has 0 aliphatic rings. The maximum absolute atomic E-state index is 5.88. The van der Waals surface area contributed by atoms with Crippen molar-refractivity contribution in [1.29, 1.82) is 0 Å². The number of nitrogens with two attached hydrogens (primary N) is 1. The number of ether oxygens (including phenoxy) is 2. The summed E-state index contributed by atoms with van der Waals surface area (Å²) in [5.41, 5.74) is 7.59. The number of hydrogen-bond donors (Lipinski definition) is 1. The molecule has 0 atom stereocenters. The molecule has 15 heavy (non-hydrogen) atoms. The molecular weight excluding hydrogens is 192 g/mol. The van der Waals surface area contributed by atoms with Crippen LogP contribution in [0.15, 0.2) is 18.2 Å². The number of benzene rings is 1. The lowest BCUT2D eigenvalue weighted by atomic mass is 10.2. The van der Waals surface area contributed by atoms with Gasteiger partial charge < -0.3 is 20.1 Å². The van der Waals surface area contributed by atoms with Gasteiger partial charge in [-0.25, -0.2) is 0 Å². The lowest BCUT2D eigenvalue weighted by Crippen LogP contribution is -2.23. The van der Waals surface area contributed by atoms with Crippen LogP contribution in [0.2, 0.25) is 0 Å². The van der Waals surface area contributed by atoms with Gasteiger partial charge in [0.05, 0.1) is 25.1 Å². The van der Waals surface area contributed by atoms with Crippen LogP contribution in [0.3, 0.4) is 0 Å². The van der Waals surface area contributed by atoms with Crippen molar-refractivity contribution >= 4 is 11.4 Å². The molecule has 0 radical (unpaired) electrons. The number of nitrogen functional groups attached to an aromatic ring is 1. The van der Waals surface area contributed by atoms with Crippen LogP contribution in [0.4, 0.5) is 11.4 Å². The zero-order chi connectivity index (χ0) is 11.3. The van der Waals surface area contributed by atoms with Crippen LogP contribution in [-0.4, -0.2) is 34.4 Å². The maximum atomic E-state index is 5.88. The molecule has 4 heteroatoms. The first-order valence-corrected chi connectivity index (χ1v) is 4.82. The molecule has 1 aromatic rings. The summed E-state index contributed by atoms with van der Waals surface area (Å²) in [6, 6.07) is 5.62. The average Bonchev–Trinajstić information content (AvgIpc) is 2.26. The SMILES string of the molecule is COCCN(C)c1cc(OC)ccc1N. The summed E-state index contributed by atoms with van der Waals surface area (Å²) in [5.74, 6) is 0.809. The van der Waals surface area contributed by atoms with Gasteiger partial charge in [0.2, 0.25) is 0 Å². The van der Waals surface area contributed by atoms with E-state index in [1.165, 1.54) is 0 Å². The molecule has 0 fully saturated rings. The third kappa shape index (κ3) is 3.02. The van der Waals surface area contributed by atoms with Gasteiger partial charge in [0, 0.05) is 26.8 Å². The molecule has 0 bridgehead atoms. The number of anilines is 2. The van der Waals surface area contributed by atoms with E-state index < -0.39 is 0 Å². The van der Waals surface area contributed by atoms with Gasteiger partial charge in [0.15, 0.2) is 0 Å². The summed E-state index contributed by atoms with van der Waals surface area (Å²) in [4.78, 5) is 2.04. The molecule has 0 saturated heterocycles. The molecule has 0 aromatic heterocycles. The van der Waals surface area contributed by atoms with Gasteiger partial charge in [-0.2, -0.15) is 0 Å². The second kappa shape index (κ2) is 5.46. The second-order valence-corrected chi connectivity index (χ2v) is 3.34. The minimum absolute atomic E-state index is 0.674. The fourth-order valence-electron chi connectivity index (χ4n) is 1.33. The largest absolute Gasteiger partial charge is 0.497 e. The van der Waals surface area contributed by atoms with E-state index in [0.29, 0.717) is 6.61 Å².